The fourth-order valence-corrected chi connectivity index (χ4v) is 3.94. The van der Waals surface area contributed by atoms with Crippen LogP contribution in [0.25, 0.3) is 0 Å². The van der Waals surface area contributed by atoms with E-state index in [0.29, 0.717) is 17.1 Å². The van der Waals surface area contributed by atoms with E-state index in [9.17, 15) is 29.4 Å². The van der Waals surface area contributed by atoms with Gasteiger partial charge in [0.05, 0.1) is 34.3 Å². The predicted molar refractivity (Wildman–Crippen MR) is 153 cm³/mol. The van der Waals surface area contributed by atoms with Crippen LogP contribution in [0, 0.1) is 0 Å². The van der Waals surface area contributed by atoms with E-state index in [4.69, 9.17) is 5.11 Å². The van der Waals surface area contributed by atoms with Crippen LogP contribution in [0.4, 0.5) is 28.4 Å². The second-order valence-corrected chi connectivity index (χ2v) is 9.11. The summed E-state index contributed by atoms with van der Waals surface area (Å²) in [6.45, 7) is 0. The maximum Gasteiger partial charge on any atom is 1.00 e. The van der Waals surface area contributed by atoms with Crippen molar-refractivity contribution in [2.24, 2.45) is 25.6 Å². The number of aromatic carboxylic acids is 1. The van der Waals surface area contributed by atoms with Crippen molar-refractivity contribution in [2.45, 2.75) is 6.04 Å². The molecule has 14 nitrogen and oxygen atoms in total. The van der Waals surface area contributed by atoms with Gasteiger partial charge in [-0.3, -0.25) is 9.59 Å². The molecule has 0 radical (unpaired) electrons. The standard InChI is InChI=1S/C30H21N7O7.2Na/c38-24-15-14-21(16-23(24)29(41)42)34-32-20-12-10-18(11-13-20)31-27(39)17-6-8-19(9-7-17)33-35-25-26(30(43)44)36-37(28(25)40)22-4-2-1-3-5-22;;/h1-16,25,38H,(H,31,39)(H,41,42)(H,43,44);;/q;2*+1/p-2. The van der Waals surface area contributed by atoms with E-state index in [2.05, 4.69) is 30.9 Å². The molecule has 5 rings (SSSR count). The van der Waals surface area contributed by atoms with E-state index >= 15 is 0 Å². The number of carboxylic acid groups (broad SMARTS) is 2. The molecule has 4 aromatic rings. The molecule has 4 aromatic carbocycles. The molecule has 0 bridgehead atoms. The first-order valence-corrected chi connectivity index (χ1v) is 12.8. The molecule has 0 saturated carbocycles. The van der Waals surface area contributed by atoms with Gasteiger partial charge in [-0.15, -0.1) is 0 Å². The molecule has 0 fully saturated rings. The Labute approximate surface area is 305 Å². The number of aliphatic carboxylic acids is 1. The molecule has 1 aliphatic rings. The monoisotopic (exact) mass is 635 g/mol. The average Bonchev–Trinajstić information content (AvgIpc) is 3.37. The quantitative estimate of drug-likeness (QED) is 0.152. The van der Waals surface area contributed by atoms with Crippen LogP contribution in [0.1, 0.15) is 20.7 Å². The fourth-order valence-electron chi connectivity index (χ4n) is 3.94. The second kappa shape index (κ2) is 16.1. The molecule has 46 heavy (non-hydrogen) atoms. The number of nitrogens with zero attached hydrogens (tertiary/aromatic N) is 6. The van der Waals surface area contributed by atoms with Gasteiger partial charge in [0.25, 0.3) is 11.8 Å². The Kier molecular flexibility index (Phi) is 12.6. The zero-order valence-electron chi connectivity index (χ0n) is 24.4. The summed E-state index contributed by atoms with van der Waals surface area (Å²) in [5.41, 5.74) is 1.00. The first-order chi connectivity index (χ1) is 21.2. The maximum atomic E-state index is 12.8. The van der Waals surface area contributed by atoms with Crippen LogP contribution in [0.5, 0.6) is 5.75 Å². The first-order valence-electron chi connectivity index (χ1n) is 12.8. The van der Waals surface area contributed by atoms with Crippen molar-refractivity contribution in [2.75, 3.05) is 10.3 Å². The fraction of sp³-hybridized carbons (Fsp3) is 0.0333. The summed E-state index contributed by atoms with van der Waals surface area (Å²) in [6, 6.07) is 22.6. The molecule has 2 N–H and O–H groups in total. The van der Waals surface area contributed by atoms with Crippen molar-refractivity contribution >= 4 is 57.9 Å². The first kappa shape index (κ1) is 35.9. The van der Waals surface area contributed by atoms with E-state index in [1.165, 1.54) is 30.3 Å². The number of hydrogen-bond donors (Lipinski definition) is 2. The number of carbonyl (C=O) groups excluding carboxylic acids is 3. The van der Waals surface area contributed by atoms with Gasteiger partial charge in [-0.1, -0.05) is 30.0 Å². The number of rotatable bonds is 9. The Hall–Kier alpha value is -4.57. The predicted octanol–water partition coefficient (Wildman–Crippen LogP) is -2.26. The number of hydrogen-bond acceptors (Lipinski definition) is 11. The number of para-hydroxylation sites is 1. The number of carbonyl (C=O) groups is 4. The third-order valence-electron chi connectivity index (χ3n) is 6.14. The Balaban J connectivity index is 0.00000288. The Bertz CT molecular complexity index is 1850. The molecule has 1 unspecified atom stereocenters. The summed E-state index contributed by atoms with van der Waals surface area (Å²) in [5.74, 6) is -4.77. The molecule has 1 aliphatic heterocycles. The normalized spacial score (nSPS) is 14.0. The van der Waals surface area contributed by atoms with Gasteiger partial charge in [-0.2, -0.15) is 30.6 Å². The molecule has 16 heteroatoms. The van der Waals surface area contributed by atoms with Gasteiger partial charge in [0.15, 0.2) is 6.04 Å². The van der Waals surface area contributed by atoms with Crippen LogP contribution in [0.2, 0.25) is 0 Å². The van der Waals surface area contributed by atoms with E-state index in [1.54, 1.807) is 54.6 Å². The van der Waals surface area contributed by atoms with Gasteiger partial charge < -0.3 is 25.4 Å². The summed E-state index contributed by atoms with van der Waals surface area (Å²) in [6.07, 6.45) is 0. The van der Waals surface area contributed by atoms with E-state index < -0.39 is 46.8 Å². The van der Waals surface area contributed by atoms with Crippen LogP contribution in [0.15, 0.2) is 123 Å². The molecule has 1 heterocycles. The summed E-state index contributed by atoms with van der Waals surface area (Å²) in [5, 5.41) is 55.5. The number of hydrazone groups is 1. The van der Waals surface area contributed by atoms with Crippen LogP contribution < -0.4 is 79.7 Å². The van der Waals surface area contributed by atoms with Gasteiger partial charge in [0, 0.05) is 11.3 Å². The summed E-state index contributed by atoms with van der Waals surface area (Å²) < 4.78 is 0. The minimum Gasteiger partial charge on any atom is -0.872 e. The zero-order valence-corrected chi connectivity index (χ0v) is 28.4. The van der Waals surface area contributed by atoms with Crippen molar-refractivity contribution in [3.8, 4) is 5.75 Å². The minimum absolute atomic E-state index is 0. The molecule has 2 amide bonds. The Morgan fingerprint density at radius 1 is 0.804 bits per heavy atom. The van der Waals surface area contributed by atoms with Gasteiger partial charge in [0.2, 0.25) is 0 Å². The third kappa shape index (κ3) is 8.57. The number of amides is 2. The summed E-state index contributed by atoms with van der Waals surface area (Å²) in [4.78, 5) is 48.2. The zero-order chi connectivity index (χ0) is 31.2. The molecule has 0 saturated heterocycles. The van der Waals surface area contributed by atoms with Crippen molar-refractivity contribution in [3.63, 3.8) is 0 Å². The number of azo groups is 2. The van der Waals surface area contributed by atoms with E-state index in [1.807, 2.05) is 0 Å². The molecular weight excluding hydrogens is 616 g/mol. The van der Waals surface area contributed by atoms with Crippen LogP contribution in [-0.4, -0.2) is 40.6 Å². The van der Waals surface area contributed by atoms with Gasteiger partial charge in [-0.25, -0.2) is 4.79 Å². The number of benzene rings is 4. The second-order valence-electron chi connectivity index (χ2n) is 9.11. The summed E-state index contributed by atoms with van der Waals surface area (Å²) in [7, 11) is 0. The van der Waals surface area contributed by atoms with Crippen molar-refractivity contribution in [1.82, 2.24) is 0 Å². The molecule has 218 valence electrons. The van der Waals surface area contributed by atoms with Gasteiger partial charge in [0.1, 0.15) is 5.71 Å². The topological polar surface area (TPSA) is 212 Å². The van der Waals surface area contributed by atoms with E-state index in [-0.39, 0.29) is 76.1 Å². The van der Waals surface area contributed by atoms with Crippen LogP contribution in [0.3, 0.4) is 0 Å². The van der Waals surface area contributed by atoms with Crippen LogP contribution in [-0.2, 0) is 9.59 Å². The number of anilines is 2. The van der Waals surface area contributed by atoms with E-state index in [0.717, 1.165) is 17.1 Å². The van der Waals surface area contributed by atoms with Gasteiger partial charge in [-0.05, 0) is 72.8 Å². The molecule has 1 atom stereocenters. The minimum atomic E-state index is -1.65. The number of nitrogens with one attached hydrogen (secondary N) is 1. The molecule has 0 spiro atoms. The molecule has 0 aromatic heterocycles. The number of carboxylic acids is 2. The van der Waals surface area contributed by atoms with Crippen molar-refractivity contribution in [1.29, 1.82) is 0 Å². The Morgan fingerprint density at radius 2 is 1.39 bits per heavy atom. The average molecular weight is 636 g/mol. The smallest absolute Gasteiger partial charge is 0.872 e. The van der Waals surface area contributed by atoms with Crippen LogP contribution >= 0.6 is 0 Å². The van der Waals surface area contributed by atoms with Crippen molar-refractivity contribution in [3.05, 3.63) is 108 Å². The largest absolute Gasteiger partial charge is 1.00 e. The molecule has 0 aliphatic carbocycles. The maximum absolute atomic E-state index is 12.8. The van der Waals surface area contributed by atoms with Gasteiger partial charge >= 0.3 is 65.1 Å². The Morgan fingerprint density at radius 3 is 2.02 bits per heavy atom. The molecular formula is C30H19N7Na2O7. The third-order valence-corrected chi connectivity index (χ3v) is 6.14. The SMILES string of the molecule is O=C([O-])C1=NN(c2ccccc2)C(=O)C1N=Nc1ccc(C(=O)Nc2ccc(N=Nc3ccc([O-])c(C(=O)O)c3)cc2)cc1.[Na+].[Na+]. The van der Waals surface area contributed by atoms with Crippen molar-refractivity contribution < 1.29 is 93.6 Å². The summed E-state index contributed by atoms with van der Waals surface area (Å²) >= 11 is 0.